The third-order valence-electron chi connectivity index (χ3n) is 3.81. The van der Waals surface area contributed by atoms with Crippen LogP contribution in [0.5, 0.6) is 0 Å². The Hall–Kier alpha value is -1.39. The van der Waals surface area contributed by atoms with E-state index in [1.165, 1.54) is 5.56 Å². The zero-order chi connectivity index (χ0) is 14.5. The molecular formula is C16H25N3O. The fourth-order valence-corrected chi connectivity index (χ4v) is 2.77. The molecule has 110 valence electrons. The Labute approximate surface area is 121 Å². The van der Waals surface area contributed by atoms with Crippen molar-refractivity contribution in [2.75, 3.05) is 38.0 Å². The fourth-order valence-electron chi connectivity index (χ4n) is 2.77. The van der Waals surface area contributed by atoms with E-state index in [9.17, 15) is 4.79 Å². The first-order valence-corrected chi connectivity index (χ1v) is 7.37. The first kappa shape index (κ1) is 15.0. The molecule has 0 bridgehead atoms. The van der Waals surface area contributed by atoms with Crippen molar-refractivity contribution in [3.05, 3.63) is 28.8 Å². The SMILES string of the molecule is Cc1cc(C)c(NC(=O)CCN2CCNCC2)c(C)c1. The summed E-state index contributed by atoms with van der Waals surface area (Å²) in [6.07, 6.45) is 0.562. The van der Waals surface area contributed by atoms with Crippen LogP contribution >= 0.6 is 0 Å². The maximum atomic E-state index is 12.1. The minimum atomic E-state index is 0.110. The summed E-state index contributed by atoms with van der Waals surface area (Å²) in [5.41, 5.74) is 4.48. The zero-order valence-corrected chi connectivity index (χ0v) is 12.8. The number of benzene rings is 1. The van der Waals surface area contributed by atoms with Gasteiger partial charge < -0.3 is 15.5 Å². The Morgan fingerprint density at radius 3 is 2.40 bits per heavy atom. The Bertz CT molecular complexity index is 456. The Kier molecular flexibility index (Phi) is 5.15. The maximum absolute atomic E-state index is 12.1. The number of piperazine rings is 1. The summed E-state index contributed by atoms with van der Waals surface area (Å²) in [6.45, 7) is 11.1. The van der Waals surface area contributed by atoms with Crippen molar-refractivity contribution in [2.24, 2.45) is 0 Å². The van der Waals surface area contributed by atoms with Gasteiger partial charge >= 0.3 is 0 Å². The monoisotopic (exact) mass is 275 g/mol. The van der Waals surface area contributed by atoms with E-state index in [0.717, 1.165) is 49.5 Å². The molecule has 1 aliphatic heterocycles. The molecule has 0 atom stereocenters. The summed E-state index contributed by atoms with van der Waals surface area (Å²) in [5.74, 6) is 0.110. The van der Waals surface area contributed by atoms with E-state index >= 15 is 0 Å². The molecule has 1 aromatic carbocycles. The highest BCUT2D eigenvalue weighted by molar-refractivity contribution is 5.92. The minimum absolute atomic E-state index is 0.110. The van der Waals surface area contributed by atoms with Crippen LogP contribution in [-0.2, 0) is 4.79 Å². The molecular weight excluding hydrogens is 250 g/mol. The van der Waals surface area contributed by atoms with Crippen LogP contribution in [0.4, 0.5) is 5.69 Å². The van der Waals surface area contributed by atoms with Crippen LogP contribution < -0.4 is 10.6 Å². The second kappa shape index (κ2) is 6.86. The van der Waals surface area contributed by atoms with E-state index in [2.05, 4.69) is 34.6 Å². The second-order valence-corrected chi connectivity index (χ2v) is 5.66. The number of rotatable bonds is 4. The summed E-state index contributed by atoms with van der Waals surface area (Å²) < 4.78 is 0. The normalized spacial score (nSPS) is 16.1. The van der Waals surface area contributed by atoms with Gasteiger partial charge in [0.25, 0.3) is 0 Å². The number of aryl methyl sites for hydroxylation is 3. The molecule has 0 aliphatic carbocycles. The molecule has 20 heavy (non-hydrogen) atoms. The van der Waals surface area contributed by atoms with E-state index in [0.29, 0.717) is 6.42 Å². The molecule has 1 aromatic rings. The van der Waals surface area contributed by atoms with Crippen molar-refractivity contribution < 1.29 is 4.79 Å². The van der Waals surface area contributed by atoms with Gasteiger partial charge in [0.15, 0.2) is 0 Å². The van der Waals surface area contributed by atoms with Crippen LogP contribution in [0.3, 0.4) is 0 Å². The molecule has 0 saturated carbocycles. The van der Waals surface area contributed by atoms with Gasteiger partial charge in [-0.2, -0.15) is 0 Å². The van der Waals surface area contributed by atoms with Gasteiger partial charge in [-0.1, -0.05) is 17.7 Å². The van der Waals surface area contributed by atoms with Crippen LogP contribution in [0.25, 0.3) is 0 Å². The number of carbonyl (C=O) groups is 1. The molecule has 1 saturated heterocycles. The van der Waals surface area contributed by atoms with Crippen LogP contribution in [0.1, 0.15) is 23.1 Å². The summed E-state index contributed by atoms with van der Waals surface area (Å²) >= 11 is 0. The predicted molar refractivity (Wildman–Crippen MR) is 83.2 cm³/mol. The third kappa shape index (κ3) is 4.05. The van der Waals surface area contributed by atoms with Crippen LogP contribution in [0.15, 0.2) is 12.1 Å². The molecule has 2 rings (SSSR count). The van der Waals surface area contributed by atoms with E-state index < -0.39 is 0 Å². The quantitative estimate of drug-likeness (QED) is 0.881. The summed E-state index contributed by atoms with van der Waals surface area (Å²) in [7, 11) is 0. The zero-order valence-electron chi connectivity index (χ0n) is 12.8. The van der Waals surface area contributed by atoms with E-state index in [1.807, 2.05) is 13.8 Å². The Morgan fingerprint density at radius 1 is 1.20 bits per heavy atom. The van der Waals surface area contributed by atoms with Crippen molar-refractivity contribution in [1.29, 1.82) is 0 Å². The van der Waals surface area contributed by atoms with Crippen LogP contribution in [-0.4, -0.2) is 43.5 Å². The molecule has 1 aliphatic rings. The lowest BCUT2D eigenvalue weighted by Crippen LogP contribution is -2.44. The van der Waals surface area contributed by atoms with Gasteiger partial charge in [0, 0.05) is 44.8 Å². The summed E-state index contributed by atoms with van der Waals surface area (Å²) in [5, 5.41) is 6.38. The van der Waals surface area contributed by atoms with Gasteiger partial charge in [-0.3, -0.25) is 4.79 Å². The predicted octanol–water partition coefficient (Wildman–Crippen LogP) is 1.85. The lowest BCUT2D eigenvalue weighted by Gasteiger charge is -2.26. The summed E-state index contributed by atoms with van der Waals surface area (Å²) in [6, 6.07) is 4.22. The van der Waals surface area contributed by atoms with Gasteiger partial charge in [0.1, 0.15) is 0 Å². The molecule has 0 spiro atoms. The minimum Gasteiger partial charge on any atom is -0.326 e. The molecule has 0 unspecified atom stereocenters. The number of nitrogens with one attached hydrogen (secondary N) is 2. The standard InChI is InChI=1S/C16H25N3O/c1-12-10-13(2)16(14(3)11-12)18-15(20)4-7-19-8-5-17-6-9-19/h10-11,17H,4-9H2,1-3H3,(H,18,20). The van der Waals surface area contributed by atoms with Crippen molar-refractivity contribution >= 4 is 11.6 Å². The molecule has 0 radical (unpaired) electrons. The highest BCUT2D eigenvalue weighted by atomic mass is 16.1. The number of nitrogens with zero attached hydrogens (tertiary/aromatic N) is 1. The molecule has 1 fully saturated rings. The molecule has 1 amide bonds. The van der Waals surface area contributed by atoms with Crippen molar-refractivity contribution in [3.8, 4) is 0 Å². The number of amides is 1. The Morgan fingerprint density at radius 2 is 1.80 bits per heavy atom. The molecule has 2 N–H and O–H groups in total. The molecule has 4 nitrogen and oxygen atoms in total. The fraction of sp³-hybridized carbons (Fsp3) is 0.562. The average Bonchev–Trinajstić information content (AvgIpc) is 2.42. The number of carbonyl (C=O) groups excluding carboxylic acids is 1. The van der Waals surface area contributed by atoms with Crippen molar-refractivity contribution in [3.63, 3.8) is 0 Å². The van der Waals surface area contributed by atoms with Gasteiger partial charge in [0.2, 0.25) is 5.91 Å². The van der Waals surface area contributed by atoms with Gasteiger partial charge in [0.05, 0.1) is 0 Å². The molecule has 1 heterocycles. The van der Waals surface area contributed by atoms with Gasteiger partial charge in [-0.05, 0) is 31.9 Å². The van der Waals surface area contributed by atoms with E-state index in [1.54, 1.807) is 0 Å². The lowest BCUT2D eigenvalue weighted by molar-refractivity contribution is -0.116. The van der Waals surface area contributed by atoms with Crippen LogP contribution in [0, 0.1) is 20.8 Å². The van der Waals surface area contributed by atoms with E-state index in [-0.39, 0.29) is 5.91 Å². The molecule has 0 aromatic heterocycles. The van der Waals surface area contributed by atoms with Gasteiger partial charge in [-0.25, -0.2) is 0 Å². The third-order valence-corrected chi connectivity index (χ3v) is 3.81. The van der Waals surface area contributed by atoms with Gasteiger partial charge in [-0.15, -0.1) is 0 Å². The van der Waals surface area contributed by atoms with Crippen LogP contribution in [0.2, 0.25) is 0 Å². The Balaban J connectivity index is 1.88. The molecule has 4 heteroatoms. The number of hydrogen-bond acceptors (Lipinski definition) is 3. The van der Waals surface area contributed by atoms with Crippen molar-refractivity contribution in [1.82, 2.24) is 10.2 Å². The smallest absolute Gasteiger partial charge is 0.225 e. The topological polar surface area (TPSA) is 44.4 Å². The average molecular weight is 275 g/mol. The first-order chi connectivity index (χ1) is 9.56. The van der Waals surface area contributed by atoms with E-state index in [4.69, 9.17) is 0 Å². The highest BCUT2D eigenvalue weighted by Crippen LogP contribution is 2.22. The number of anilines is 1. The largest absolute Gasteiger partial charge is 0.326 e. The highest BCUT2D eigenvalue weighted by Gasteiger charge is 2.12. The number of hydrogen-bond donors (Lipinski definition) is 2. The lowest BCUT2D eigenvalue weighted by atomic mass is 10.0. The second-order valence-electron chi connectivity index (χ2n) is 5.66. The summed E-state index contributed by atoms with van der Waals surface area (Å²) in [4.78, 5) is 14.4. The van der Waals surface area contributed by atoms with Crippen molar-refractivity contribution in [2.45, 2.75) is 27.2 Å². The first-order valence-electron chi connectivity index (χ1n) is 7.37. The maximum Gasteiger partial charge on any atom is 0.225 e.